The minimum absolute atomic E-state index is 0.0289. The predicted octanol–water partition coefficient (Wildman–Crippen LogP) is 1.90. The Balaban J connectivity index is 1.68. The molecular formula is C16H18N2O3S. The minimum atomic E-state index is -0.318. The molecule has 0 spiro atoms. The fraction of sp³-hybridized carbons (Fsp3) is 0.250. The zero-order valence-corrected chi connectivity index (χ0v) is 13.1. The monoisotopic (exact) mass is 318 g/mol. The van der Waals surface area contributed by atoms with Crippen molar-refractivity contribution in [2.75, 3.05) is 20.2 Å². The summed E-state index contributed by atoms with van der Waals surface area (Å²) in [5.74, 6) is 0.168. The number of ether oxygens (including phenoxy) is 1. The molecule has 0 radical (unpaired) electrons. The maximum absolute atomic E-state index is 11.9. The number of rotatable bonds is 7. The first kappa shape index (κ1) is 16.0. The summed E-state index contributed by atoms with van der Waals surface area (Å²) in [6.45, 7) is 0.414. The first-order chi connectivity index (χ1) is 10.6. The second-order valence-corrected chi connectivity index (χ2v) is 5.74. The topological polar surface area (TPSA) is 58.6 Å². The van der Waals surface area contributed by atoms with Crippen LogP contribution in [0.2, 0.25) is 0 Å². The molecule has 2 rings (SSSR count). The van der Waals surface area contributed by atoms with Crippen molar-refractivity contribution in [1.29, 1.82) is 0 Å². The molecule has 1 N–H and O–H groups in total. The van der Waals surface area contributed by atoms with Gasteiger partial charge in [0.2, 0.25) is 5.91 Å². The molecule has 0 aliphatic rings. The van der Waals surface area contributed by atoms with Gasteiger partial charge in [0.15, 0.2) is 6.61 Å². The van der Waals surface area contributed by atoms with E-state index in [0.717, 1.165) is 4.88 Å². The number of hydrogen-bond donors (Lipinski definition) is 1. The highest BCUT2D eigenvalue weighted by Gasteiger charge is 2.11. The summed E-state index contributed by atoms with van der Waals surface area (Å²) in [6, 6.07) is 13.0. The number of carbonyl (C=O) groups is 2. The van der Waals surface area contributed by atoms with Gasteiger partial charge in [-0.15, -0.1) is 11.3 Å². The summed E-state index contributed by atoms with van der Waals surface area (Å²) in [4.78, 5) is 26.3. The van der Waals surface area contributed by atoms with Crippen molar-refractivity contribution in [3.63, 3.8) is 0 Å². The van der Waals surface area contributed by atoms with Crippen molar-refractivity contribution >= 4 is 23.2 Å². The number of nitrogens with zero attached hydrogens (tertiary/aromatic N) is 1. The molecule has 1 heterocycles. The zero-order chi connectivity index (χ0) is 15.8. The van der Waals surface area contributed by atoms with Gasteiger partial charge in [-0.1, -0.05) is 24.3 Å². The Kier molecular flexibility index (Phi) is 5.97. The highest BCUT2D eigenvalue weighted by Crippen LogP contribution is 2.10. The lowest BCUT2D eigenvalue weighted by molar-refractivity contribution is -0.132. The highest BCUT2D eigenvalue weighted by atomic mass is 32.1. The van der Waals surface area contributed by atoms with Gasteiger partial charge in [-0.05, 0) is 23.6 Å². The average molecular weight is 318 g/mol. The largest absolute Gasteiger partial charge is 0.484 e. The molecule has 22 heavy (non-hydrogen) atoms. The molecule has 0 saturated carbocycles. The third kappa shape index (κ3) is 5.21. The van der Waals surface area contributed by atoms with Crippen LogP contribution in [0, 0.1) is 0 Å². The molecule has 0 fully saturated rings. The molecule has 2 aromatic rings. The summed E-state index contributed by atoms with van der Waals surface area (Å²) in [6.07, 6.45) is 0. The average Bonchev–Trinajstić information content (AvgIpc) is 3.04. The first-order valence-corrected chi connectivity index (χ1v) is 7.74. The van der Waals surface area contributed by atoms with Gasteiger partial charge in [0.1, 0.15) is 5.75 Å². The fourth-order valence-corrected chi connectivity index (χ4v) is 2.51. The van der Waals surface area contributed by atoms with Crippen LogP contribution in [0.15, 0.2) is 47.8 Å². The number of hydrogen-bond acceptors (Lipinski definition) is 4. The van der Waals surface area contributed by atoms with Crippen LogP contribution in [0.25, 0.3) is 0 Å². The number of benzene rings is 1. The normalized spacial score (nSPS) is 10.0. The Hall–Kier alpha value is -2.34. The van der Waals surface area contributed by atoms with Gasteiger partial charge < -0.3 is 15.0 Å². The van der Waals surface area contributed by atoms with Crippen LogP contribution in [-0.4, -0.2) is 36.9 Å². The van der Waals surface area contributed by atoms with Crippen LogP contribution in [-0.2, 0) is 16.1 Å². The second kappa shape index (κ2) is 8.19. The van der Waals surface area contributed by atoms with Crippen LogP contribution in [0.3, 0.4) is 0 Å². The molecule has 116 valence electrons. The fourth-order valence-electron chi connectivity index (χ4n) is 1.75. The third-order valence-electron chi connectivity index (χ3n) is 2.95. The van der Waals surface area contributed by atoms with Crippen molar-refractivity contribution in [3.05, 3.63) is 52.7 Å². The SMILES string of the molecule is CN(Cc1cccs1)C(=O)CNC(=O)COc1ccccc1. The Bertz CT molecular complexity index is 599. The molecule has 2 amide bonds. The summed E-state index contributed by atoms with van der Waals surface area (Å²) in [5, 5.41) is 4.53. The molecule has 0 atom stereocenters. The number of likely N-dealkylation sites (N-methyl/N-ethyl adjacent to an activating group) is 1. The Morgan fingerprint density at radius 3 is 2.64 bits per heavy atom. The van der Waals surface area contributed by atoms with E-state index < -0.39 is 0 Å². The van der Waals surface area contributed by atoms with E-state index in [9.17, 15) is 9.59 Å². The predicted molar refractivity (Wildman–Crippen MR) is 85.7 cm³/mol. The summed E-state index contributed by atoms with van der Waals surface area (Å²) >= 11 is 1.60. The van der Waals surface area contributed by atoms with Crippen molar-refractivity contribution < 1.29 is 14.3 Å². The molecule has 1 aromatic carbocycles. The number of para-hydroxylation sites is 1. The molecule has 0 aliphatic carbocycles. The molecule has 5 nitrogen and oxygen atoms in total. The van der Waals surface area contributed by atoms with E-state index in [2.05, 4.69) is 5.32 Å². The van der Waals surface area contributed by atoms with E-state index in [0.29, 0.717) is 12.3 Å². The quantitative estimate of drug-likeness (QED) is 0.848. The number of nitrogens with one attached hydrogen (secondary N) is 1. The van der Waals surface area contributed by atoms with E-state index in [4.69, 9.17) is 4.74 Å². The smallest absolute Gasteiger partial charge is 0.258 e. The van der Waals surface area contributed by atoms with Crippen LogP contribution < -0.4 is 10.1 Å². The van der Waals surface area contributed by atoms with Crippen LogP contribution in [0.1, 0.15) is 4.88 Å². The molecular weight excluding hydrogens is 300 g/mol. The van der Waals surface area contributed by atoms with Gasteiger partial charge in [-0.3, -0.25) is 9.59 Å². The van der Waals surface area contributed by atoms with E-state index >= 15 is 0 Å². The highest BCUT2D eigenvalue weighted by molar-refractivity contribution is 7.09. The van der Waals surface area contributed by atoms with Crippen molar-refractivity contribution in [1.82, 2.24) is 10.2 Å². The standard InChI is InChI=1S/C16H18N2O3S/c1-18(11-14-8-5-9-22-14)16(20)10-17-15(19)12-21-13-6-3-2-4-7-13/h2-9H,10-12H2,1H3,(H,17,19). The lowest BCUT2D eigenvalue weighted by Gasteiger charge is -2.16. The maximum Gasteiger partial charge on any atom is 0.258 e. The van der Waals surface area contributed by atoms with Gasteiger partial charge >= 0.3 is 0 Å². The van der Waals surface area contributed by atoms with E-state index in [-0.39, 0.29) is 25.0 Å². The van der Waals surface area contributed by atoms with Gasteiger partial charge in [-0.2, -0.15) is 0 Å². The number of amides is 2. The maximum atomic E-state index is 11.9. The van der Waals surface area contributed by atoms with Crippen molar-refractivity contribution in [2.45, 2.75) is 6.54 Å². The first-order valence-electron chi connectivity index (χ1n) is 6.86. The van der Waals surface area contributed by atoms with Crippen LogP contribution in [0.4, 0.5) is 0 Å². The second-order valence-electron chi connectivity index (χ2n) is 4.71. The summed E-state index contributed by atoms with van der Waals surface area (Å²) in [7, 11) is 1.72. The van der Waals surface area contributed by atoms with E-state index in [1.807, 2.05) is 35.7 Å². The van der Waals surface area contributed by atoms with Crippen molar-refractivity contribution in [2.24, 2.45) is 0 Å². The van der Waals surface area contributed by atoms with Gasteiger partial charge in [0.05, 0.1) is 13.1 Å². The molecule has 0 bridgehead atoms. The zero-order valence-electron chi connectivity index (χ0n) is 12.3. The summed E-state index contributed by atoms with van der Waals surface area (Å²) < 4.78 is 5.31. The van der Waals surface area contributed by atoms with Crippen molar-refractivity contribution in [3.8, 4) is 5.75 Å². The lowest BCUT2D eigenvalue weighted by Crippen LogP contribution is -2.39. The Morgan fingerprint density at radius 2 is 1.95 bits per heavy atom. The molecule has 1 aromatic heterocycles. The number of thiophene rings is 1. The Morgan fingerprint density at radius 1 is 1.18 bits per heavy atom. The minimum Gasteiger partial charge on any atom is -0.484 e. The molecule has 0 saturated heterocycles. The van der Waals surface area contributed by atoms with Crippen LogP contribution >= 0.6 is 11.3 Å². The van der Waals surface area contributed by atoms with Crippen LogP contribution in [0.5, 0.6) is 5.75 Å². The van der Waals surface area contributed by atoms with E-state index in [1.165, 1.54) is 0 Å². The van der Waals surface area contributed by atoms with Gasteiger partial charge in [-0.25, -0.2) is 0 Å². The van der Waals surface area contributed by atoms with E-state index in [1.54, 1.807) is 35.4 Å². The molecule has 0 aliphatic heterocycles. The Labute approximate surface area is 133 Å². The van der Waals surface area contributed by atoms with Gasteiger partial charge in [0.25, 0.3) is 5.91 Å². The lowest BCUT2D eigenvalue weighted by atomic mass is 10.3. The van der Waals surface area contributed by atoms with Gasteiger partial charge in [0, 0.05) is 11.9 Å². The molecule has 6 heteroatoms. The summed E-state index contributed by atoms with van der Waals surface area (Å²) in [5.41, 5.74) is 0. The third-order valence-corrected chi connectivity index (χ3v) is 3.81. The number of carbonyl (C=O) groups excluding carboxylic acids is 2. The molecule has 0 unspecified atom stereocenters.